The van der Waals surface area contributed by atoms with Gasteiger partial charge in [0.05, 0.1) is 5.71 Å². The molecule has 0 aliphatic rings. The molecule has 0 aromatic carbocycles. The Balaban J connectivity index is 2.26. The molecular weight excluding hydrogens is 367 g/mol. The second-order valence-corrected chi connectivity index (χ2v) is 5.66. The monoisotopic (exact) mass is 377 g/mol. The number of H-pyrrole nitrogens is 1. The summed E-state index contributed by atoms with van der Waals surface area (Å²) in [7, 11) is 1.03. The van der Waals surface area contributed by atoms with E-state index in [-0.39, 0.29) is 11.3 Å². The summed E-state index contributed by atoms with van der Waals surface area (Å²) < 4.78 is 38.5. The Morgan fingerprint density at radius 3 is 2.60 bits per heavy atom. The van der Waals surface area contributed by atoms with Crippen LogP contribution in [0.5, 0.6) is 5.06 Å². The Labute approximate surface area is 140 Å². The van der Waals surface area contributed by atoms with Gasteiger partial charge in [0.15, 0.2) is 10.8 Å². The molecule has 2 aromatic heterocycles. The van der Waals surface area contributed by atoms with Gasteiger partial charge < -0.3 is 5.11 Å². The molecule has 2 aromatic rings. The van der Waals surface area contributed by atoms with Crippen molar-refractivity contribution < 1.29 is 23.1 Å². The Bertz CT molecular complexity index is 972. The summed E-state index contributed by atoms with van der Waals surface area (Å²) in [6, 6.07) is 0.540. The molecule has 9 nitrogen and oxygen atoms in total. The third-order valence-electron chi connectivity index (χ3n) is 2.94. The van der Waals surface area contributed by atoms with Crippen LogP contribution in [0.25, 0.3) is 0 Å². The fraction of sp³-hybridized carbons (Fsp3) is 0.250. The topological polar surface area (TPSA) is 129 Å². The highest BCUT2D eigenvalue weighted by Crippen LogP contribution is 2.29. The molecule has 0 spiro atoms. The molecule has 0 saturated heterocycles. The Hall–Kier alpha value is -2.96. The maximum atomic E-state index is 12.7. The number of hydrogen-bond acceptors (Lipinski definition) is 7. The van der Waals surface area contributed by atoms with Gasteiger partial charge in [0, 0.05) is 13.1 Å². The predicted octanol–water partition coefficient (Wildman–Crippen LogP) is 0.408. The van der Waals surface area contributed by atoms with Crippen molar-refractivity contribution >= 4 is 23.0 Å². The smallest absolute Gasteiger partial charge is 0.433 e. The van der Waals surface area contributed by atoms with Gasteiger partial charge in [-0.25, -0.2) is 5.43 Å². The predicted molar refractivity (Wildman–Crippen MR) is 80.8 cm³/mol. The maximum absolute atomic E-state index is 12.7. The van der Waals surface area contributed by atoms with E-state index >= 15 is 0 Å². The van der Waals surface area contributed by atoms with E-state index in [4.69, 9.17) is 0 Å². The lowest BCUT2D eigenvalue weighted by molar-refractivity contribution is -0.143. The first-order chi connectivity index (χ1) is 11.5. The normalized spacial score (nSPS) is 12.3. The number of nitrogens with one attached hydrogen (secondary N) is 2. The Morgan fingerprint density at radius 1 is 1.44 bits per heavy atom. The SMILES string of the molecule is C/C(=N\NC(=O)c1cc(C(F)(F)F)n(C)n1)c1c(O)sc(=O)[nH]c1=O. The molecule has 2 heterocycles. The van der Waals surface area contributed by atoms with E-state index in [1.807, 2.05) is 10.4 Å². The lowest BCUT2D eigenvalue weighted by atomic mass is 10.2. The van der Waals surface area contributed by atoms with E-state index in [2.05, 4.69) is 10.2 Å². The summed E-state index contributed by atoms with van der Waals surface area (Å²) in [6.07, 6.45) is -4.68. The van der Waals surface area contributed by atoms with Crippen LogP contribution in [-0.2, 0) is 13.2 Å². The maximum Gasteiger partial charge on any atom is 0.433 e. The number of halogens is 3. The number of hydrogen-bond donors (Lipinski definition) is 3. The number of carbonyl (C=O) groups is 1. The van der Waals surface area contributed by atoms with Crippen molar-refractivity contribution in [1.82, 2.24) is 20.2 Å². The largest absolute Gasteiger partial charge is 0.499 e. The van der Waals surface area contributed by atoms with Gasteiger partial charge in [0.2, 0.25) is 0 Å². The fourth-order valence-corrected chi connectivity index (χ4v) is 2.49. The number of rotatable bonds is 3. The number of aryl methyl sites for hydroxylation is 1. The van der Waals surface area contributed by atoms with Crippen molar-refractivity contribution in [3.8, 4) is 5.06 Å². The number of amides is 1. The molecule has 134 valence electrons. The van der Waals surface area contributed by atoms with Crippen LogP contribution in [0.2, 0.25) is 0 Å². The summed E-state index contributed by atoms with van der Waals surface area (Å²) in [5.74, 6) is -1.05. The van der Waals surface area contributed by atoms with E-state index < -0.39 is 39.0 Å². The van der Waals surface area contributed by atoms with Crippen molar-refractivity contribution in [2.75, 3.05) is 0 Å². The lowest BCUT2D eigenvalue weighted by Gasteiger charge is -2.04. The van der Waals surface area contributed by atoms with Gasteiger partial charge in [-0.1, -0.05) is 0 Å². The minimum atomic E-state index is -4.68. The molecule has 0 saturated carbocycles. The highest BCUT2D eigenvalue weighted by atomic mass is 32.1. The molecule has 0 fully saturated rings. The molecule has 0 aliphatic carbocycles. The van der Waals surface area contributed by atoms with Gasteiger partial charge in [-0.3, -0.25) is 24.0 Å². The molecular formula is C12H10F3N5O4S. The van der Waals surface area contributed by atoms with Gasteiger partial charge >= 0.3 is 11.0 Å². The standard InChI is InChI=1S/C12H10F3N5O4S/c1-4(7-9(22)16-11(24)25-10(7)23)17-18-8(21)5-3-6(12(13,14)15)20(2)19-5/h3,23H,1-2H3,(H,18,21)(H,16,22,24)/b17-4+. The van der Waals surface area contributed by atoms with Crippen LogP contribution in [0.3, 0.4) is 0 Å². The van der Waals surface area contributed by atoms with E-state index in [1.54, 1.807) is 0 Å². The number of nitrogens with zero attached hydrogens (tertiary/aromatic N) is 3. The number of carbonyl (C=O) groups excluding carboxylic acids is 1. The van der Waals surface area contributed by atoms with Crippen LogP contribution >= 0.6 is 11.3 Å². The molecule has 1 amide bonds. The minimum absolute atomic E-state index is 0.157. The Morgan fingerprint density at radius 2 is 2.08 bits per heavy atom. The number of aromatic nitrogens is 3. The van der Waals surface area contributed by atoms with Crippen LogP contribution in [0, 0.1) is 0 Å². The van der Waals surface area contributed by atoms with Crippen molar-refractivity contribution in [3.63, 3.8) is 0 Å². The third-order valence-corrected chi connectivity index (χ3v) is 3.62. The molecule has 2 rings (SSSR count). The van der Waals surface area contributed by atoms with Crippen LogP contribution in [0.15, 0.2) is 20.8 Å². The van der Waals surface area contributed by atoms with E-state index in [9.17, 15) is 32.7 Å². The Kier molecular flexibility index (Phi) is 4.78. The third kappa shape index (κ3) is 3.93. The average Bonchev–Trinajstić information content (AvgIpc) is 2.85. The van der Waals surface area contributed by atoms with Crippen molar-refractivity contribution in [1.29, 1.82) is 0 Å². The number of hydrazone groups is 1. The van der Waals surface area contributed by atoms with E-state index in [0.717, 1.165) is 7.05 Å². The van der Waals surface area contributed by atoms with Crippen molar-refractivity contribution in [2.45, 2.75) is 13.1 Å². The zero-order chi connectivity index (χ0) is 18.9. The molecule has 0 unspecified atom stereocenters. The molecule has 0 bridgehead atoms. The fourth-order valence-electron chi connectivity index (χ4n) is 1.83. The number of aromatic hydroxyl groups is 1. The van der Waals surface area contributed by atoms with Crippen LogP contribution in [0.4, 0.5) is 13.2 Å². The molecule has 0 atom stereocenters. The number of alkyl halides is 3. The molecule has 25 heavy (non-hydrogen) atoms. The zero-order valence-corrected chi connectivity index (χ0v) is 13.4. The second kappa shape index (κ2) is 6.51. The minimum Gasteiger partial charge on any atom is -0.499 e. The van der Waals surface area contributed by atoms with Crippen molar-refractivity contribution in [2.24, 2.45) is 12.1 Å². The summed E-state index contributed by atoms with van der Waals surface area (Å²) >= 11 is 0.350. The molecule has 0 aliphatic heterocycles. The quantitative estimate of drug-likeness (QED) is 0.527. The van der Waals surface area contributed by atoms with Gasteiger partial charge in [0.25, 0.3) is 11.5 Å². The highest BCUT2D eigenvalue weighted by Gasteiger charge is 2.35. The van der Waals surface area contributed by atoms with Crippen LogP contribution in [0.1, 0.15) is 28.7 Å². The van der Waals surface area contributed by atoms with E-state index in [1.165, 1.54) is 6.92 Å². The first-order valence-electron chi connectivity index (χ1n) is 6.43. The van der Waals surface area contributed by atoms with Crippen molar-refractivity contribution in [3.05, 3.63) is 43.0 Å². The summed E-state index contributed by atoms with van der Waals surface area (Å²) in [4.78, 5) is 35.7. The van der Waals surface area contributed by atoms with E-state index in [0.29, 0.717) is 22.1 Å². The van der Waals surface area contributed by atoms with Crippen LogP contribution in [-0.4, -0.2) is 31.5 Å². The van der Waals surface area contributed by atoms with Gasteiger partial charge in [-0.2, -0.15) is 23.4 Å². The molecule has 13 heteroatoms. The lowest BCUT2D eigenvalue weighted by Crippen LogP contribution is -2.25. The van der Waals surface area contributed by atoms with Crippen LogP contribution < -0.4 is 15.9 Å². The first kappa shape index (κ1) is 18.4. The van der Waals surface area contributed by atoms with Gasteiger partial charge in [-0.05, 0) is 18.3 Å². The zero-order valence-electron chi connectivity index (χ0n) is 12.6. The van der Waals surface area contributed by atoms with Gasteiger partial charge in [0.1, 0.15) is 11.3 Å². The second-order valence-electron chi connectivity index (χ2n) is 4.70. The average molecular weight is 377 g/mol. The molecule has 0 radical (unpaired) electrons. The van der Waals surface area contributed by atoms with Gasteiger partial charge in [-0.15, -0.1) is 0 Å². The summed E-state index contributed by atoms with van der Waals surface area (Å²) in [5.41, 5.74) is -1.16. The highest BCUT2D eigenvalue weighted by molar-refractivity contribution is 7.11. The summed E-state index contributed by atoms with van der Waals surface area (Å²) in [6.45, 7) is 1.25. The number of aromatic amines is 1. The first-order valence-corrected chi connectivity index (χ1v) is 7.25. The summed E-state index contributed by atoms with van der Waals surface area (Å²) in [5, 5.41) is 16.0. The molecule has 3 N–H and O–H groups in total.